The number of aliphatic hydroxyl groups excluding tert-OH is 1. The van der Waals surface area contributed by atoms with Crippen LogP contribution >= 0.6 is 0 Å². The SMILES string of the molecule is OC(CC1Cc2ccccc21)c1ccc2c(c1)COC2. The Morgan fingerprint density at radius 2 is 1.90 bits per heavy atom. The Kier molecular flexibility index (Phi) is 2.86. The van der Waals surface area contributed by atoms with Crippen molar-refractivity contribution in [3.8, 4) is 0 Å². The van der Waals surface area contributed by atoms with Crippen LogP contribution in [-0.2, 0) is 24.4 Å². The van der Waals surface area contributed by atoms with Gasteiger partial charge >= 0.3 is 0 Å². The molecule has 2 unspecified atom stereocenters. The maximum Gasteiger partial charge on any atom is 0.0796 e. The first-order valence-electron chi connectivity index (χ1n) is 7.26. The summed E-state index contributed by atoms with van der Waals surface area (Å²) < 4.78 is 5.43. The van der Waals surface area contributed by atoms with E-state index in [0.717, 1.165) is 18.4 Å². The number of hydrogen-bond donors (Lipinski definition) is 1. The summed E-state index contributed by atoms with van der Waals surface area (Å²) >= 11 is 0. The van der Waals surface area contributed by atoms with Gasteiger partial charge in [0, 0.05) is 0 Å². The van der Waals surface area contributed by atoms with Crippen LogP contribution in [0.3, 0.4) is 0 Å². The third-order valence-electron chi connectivity index (χ3n) is 4.60. The van der Waals surface area contributed by atoms with Crippen molar-refractivity contribution in [2.24, 2.45) is 0 Å². The lowest BCUT2D eigenvalue weighted by molar-refractivity contribution is 0.134. The van der Waals surface area contributed by atoms with Gasteiger partial charge in [0.05, 0.1) is 19.3 Å². The zero-order valence-electron chi connectivity index (χ0n) is 11.4. The molecular formula is C18H18O2. The van der Waals surface area contributed by atoms with Gasteiger partial charge in [-0.1, -0.05) is 42.5 Å². The molecule has 1 heterocycles. The highest BCUT2D eigenvalue weighted by Gasteiger charge is 2.28. The Bertz CT molecular complexity index is 648. The van der Waals surface area contributed by atoms with E-state index in [1.807, 2.05) is 6.07 Å². The summed E-state index contributed by atoms with van der Waals surface area (Å²) in [7, 11) is 0. The van der Waals surface area contributed by atoms with Crippen molar-refractivity contribution in [1.29, 1.82) is 0 Å². The monoisotopic (exact) mass is 266 g/mol. The second-order valence-electron chi connectivity index (χ2n) is 5.87. The van der Waals surface area contributed by atoms with Crippen LogP contribution in [-0.4, -0.2) is 5.11 Å². The summed E-state index contributed by atoms with van der Waals surface area (Å²) in [6.07, 6.45) is 1.54. The Hall–Kier alpha value is -1.64. The molecule has 4 rings (SSSR count). The summed E-state index contributed by atoms with van der Waals surface area (Å²) in [5, 5.41) is 10.5. The lowest BCUT2D eigenvalue weighted by Crippen LogP contribution is -2.19. The van der Waals surface area contributed by atoms with E-state index in [2.05, 4.69) is 36.4 Å². The van der Waals surface area contributed by atoms with E-state index >= 15 is 0 Å². The summed E-state index contributed by atoms with van der Waals surface area (Å²) in [4.78, 5) is 0. The predicted molar refractivity (Wildman–Crippen MR) is 77.4 cm³/mol. The zero-order valence-corrected chi connectivity index (χ0v) is 11.4. The molecule has 20 heavy (non-hydrogen) atoms. The Morgan fingerprint density at radius 3 is 2.80 bits per heavy atom. The van der Waals surface area contributed by atoms with Gasteiger partial charge in [-0.3, -0.25) is 0 Å². The third-order valence-corrected chi connectivity index (χ3v) is 4.60. The van der Waals surface area contributed by atoms with Crippen molar-refractivity contribution in [2.45, 2.75) is 38.1 Å². The van der Waals surface area contributed by atoms with Gasteiger partial charge < -0.3 is 9.84 Å². The van der Waals surface area contributed by atoms with Crippen LogP contribution in [0.4, 0.5) is 0 Å². The van der Waals surface area contributed by atoms with Crippen LogP contribution in [0.5, 0.6) is 0 Å². The minimum Gasteiger partial charge on any atom is -0.388 e. The second kappa shape index (κ2) is 4.72. The van der Waals surface area contributed by atoms with Crippen molar-refractivity contribution in [1.82, 2.24) is 0 Å². The average Bonchev–Trinajstić information content (AvgIpc) is 2.92. The van der Waals surface area contributed by atoms with Gasteiger partial charge in [0.15, 0.2) is 0 Å². The highest BCUT2D eigenvalue weighted by Crippen LogP contribution is 2.41. The lowest BCUT2D eigenvalue weighted by Gasteiger charge is -2.31. The minimum absolute atomic E-state index is 0.376. The standard InChI is InChI=1S/C18H18O2/c19-18(9-15-7-12-3-1-2-4-17(12)15)13-5-6-14-10-20-11-16(14)8-13/h1-6,8,15,18-19H,7,9-11H2. The van der Waals surface area contributed by atoms with Gasteiger partial charge in [0.1, 0.15) is 0 Å². The van der Waals surface area contributed by atoms with Crippen molar-refractivity contribution in [2.75, 3.05) is 0 Å². The molecule has 0 saturated heterocycles. The zero-order chi connectivity index (χ0) is 13.5. The van der Waals surface area contributed by atoms with Crippen LogP contribution < -0.4 is 0 Å². The quantitative estimate of drug-likeness (QED) is 0.921. The Balaban J connectivity index is 1.50. The molecule has 2 heteroatoms. The van der Waals surface area contributed by atoms with Crippen LogP contribution in [0.2, 0.25) is 0 Å². The molecule has 1 aliphatic heterocycles. The molecule has 0 saturated carbocycles. The van der Waals surface area contributed by atoms with E-state index in [-0.39, 0.29) is 6.10 Å². The highest BCUT2D eigenvalue weighted by atomic mass is 16.5. The van der Waals surface area contributed by atoms with E-state index in [0.29, 0.717) is 19.1 Å². The first-order chi connectivity index (χ1) is 9.81. The summed E-state index contributed by atoms with van der Waals surface area (Å²) in [5.41, 5.74) is 6.37. The fraction of sp³-hybridized carbons (Fsp3) is 0.333. The Morgan fingerprint density at radius 1 is 1.05 bits per heavy atom. The maximum atomic E-state index is 10.5. The fourth-order valence-corrected chi connectivity index (χ4v) is 3.38. The molecule has 0 aromatic heterocycles. The first-order valence-corrected chi connectivity index (χ1v) is 7.26. The molecule has 0 fully saturated rings. The largest absolute Gasteiger partial charge is 0.388 e. The molecule has 2 nitrogen and oxygen atoms in total. The number of ether oxygens (including phenoxy) is 1. The van der Waals surface area contributed by atoms with Gasteiger partial charge in [-0.05, 0) is 46.6 Å². The Labute approximate surface area is 119 Å². The molecule has 0 radical (unpaired) electrons. The average molecular weight is 266 g/mol. The van der Waals surface area contributed by atoms with E-state index in [9.17, 15) is 5.11 Å². The molecule has 2 aromatic rings. The van der Waals surface area contributed by atoms with E-state index in [1.165, 1.54) is 22.3 Å². The van der Waals surface area contributed by atoms with Crippen molar-refractivity contribution < 1.29 is 9.84 Å². The van der Waals surface area contributed by atoms with Gasteiger partial charge in [-0.25, -0.2) is 0 Å². The highest BCUT2D eigenvalue weighted by molar-refractivity contribution is 5.40. The lowest BCUT2D eigenvalue weighted by atomic mass is 9.74. The summed E-state index contributed by atoms with van der Waals surface area (Å²) in [5.74, 6) is 0.505. The molecule has 2 aliphatic rings. The molecular weight excluding hydrogens is 248 g/mol. The number of rotatable bonds is 3. The number of hydrogen-bond acceptors (Lipinski definition) is 2. The molecule has 2 atom stereocenters. The van der Waals surface area contributed by atoms with Gasteiger partial charge in [0.25, 0.3) is 0 Å². The van der Waals surface area contributed by atoms with E-state index < -0.39 is 0 Å². The molecule has 2 aromatic carbocycles. The first kappa shape index (κ1) is 12.1. The van der Waals surface area contributed by atoms with Gasteiger partial charge in [-0.2, -0.15) is 0 Å². The summed E-state index contributed by atoms with van der Waals surface area (Å²) in [6.45, 7) is 1.39. The number of benzene rings is 2. The fourth-order valence-electron chi connectivity index (χ4n) is 3.38. The van der Waals surface area contributed by atoms with Gasteiger partial charge in [0.2, 0.25) is 0 Å². The molecule has 1 aliphatic carbocycles. The molecule has 0 spiro atoms. The van der Waals surface area contributed by atoms with Crippen molar-refractivity contribution in [3.05, 3.63) is 70.3 Å². The summed E-state index contributed by atoms with van der Waals surface area (Å²) in [6, 6.07) is 14.8. The van der Waals surface area contributed by atoms with E-state index in [1.54, 1.807) is 0 Å². The molecule has 0 bridgehead atoms. The van der Waals surface area contributed by atoms with Gasteiger partial charge in [-0.15, -0.1) is 0 Å². The van der Waals surface area contributed by atoms with Crippen molar-refractivity contribution in [3.63, 3.8) is 0 Å². The van der Waals surface area contributed by atoms with Crippen LogP contribution in [0.15, 0.2) is 42.5 Å². The normalized spacial score (nSPS) is 20.9. The number of fused-ring (bicyclic) bond motifs is 2. The second-order valence-corrected chi connectivity index (χ2v) is 5.87. The topological polar surface area (TPSA) is 29.5 Å². The van der Waals surface area contributed by atoms with E-state index in [4.69, 9.17) is 4.74 Å². The smallest absolute Gasteiger partial charge is 0.0796 e. The number of aliphatic hydroxyl groups is 1. The third kappa shape index (κ3) is 1.96. The predicted octanol–water partition coefficient (Wildman–Crippen LogP) is 3.48. The molecule has 0 amide bonds. The molecule has 1 N–H and O–H groups in total. The van der Waals surface area contributed by atoms with Crippen LogP contribution in [0.1, 0.15) is 46.3 Å². The maximum absolute atomic E-state index is 10.5. The van der Waals surface area contributed by atoms with Crippen molar-refractivity contribution >= 4 is 0 Å². The molecule has 102 valence electrons. The minimum atomic E-state index is -0.376. The van der Waals surface area contributed by atoms with Crippen LogP contribution in [0, 0.1) is 0 Å². The van der Waals surface area contributed by atoms with Crippen LogP contribution in [0.25, 0.3) is 0 Å².